The number of esters is 1. The summed E-state index contributed by atoms with van der Waals surface area (Å²) in [5.74, 6) is 2.32. The lowest BCUT2D eigenvalue weighted by Gasteiger charge is -2.36. The lowest BCUT2D eigenvalue weighted by atomic mass is 9.75. The third-order valence-electron chi connectivity index (χ3n) is 5.42. The number of carbonyl (C=O) groups is 1. The van der Waals surface area contributed by atoms with Crippen LogP contribution >= 0.6 is 11.8 Å². The first-order chi connectivity index (χ1) is 13.5. The first-order valence-corrected chi connectivity index (χ1v) is 10.8. The van der Waals surface area contributed by atoms with Gasteiger partial charge in [-0.1, -0.05) is 51.1 Å². The van der Waals surface area contributed by atoms with Crippen molar-refractivity contribution in [1.29, 1.82) is 0 Å². The summed E-state index contributed by atoms with van der Waals surface area (Å²) in [6.07, 6.45) is 4.95. The smallest absolute Gasteiger partial charge is 0.316 e. The van der Waals surface area contributed by atoms with Gasteiger partial charge in [-0.2, -0.15) is 0 Å². The minimum atomic E-state index is -0.190. The van der Waals surface area contributed by atoms with Crippen LogP contribution in [0.25, 0.3) is 5.69 Å². The van der Waals surface area contributed by atoms with E-state index in [1.165, 1.54) is 18.2 Å². The van der Waals surface area contributed by atoms with Crippen LogP contribution in [0.2, 0.25) is 0 Å². The summed E-state index contributed by atoms with van der Waals surface area (Å²) in [6.45, 7) is 6.67. The molecule has 0 amide bonds. The van der Waals surface area contributed by atoms with Gasteiger partial charge in [0.15, 0.2) is 5.16 Å². The summed E-state index contributed by atoms with van der Waals surface area (Å²) < 4.78 is 13.1. The second-order valence-electron chi connectivity index (χ2n) is 7.80. The van der Waals surface area contributed by atoms with Crippen molar-refractivity contribution in [2.45, 2.75) is 51.3 Å². The van der Waals surface area contributed by atoms with Gasteiger partial charge in [0, 0.05) is 0 Å². The highest BCUT2D eigenvalue weighted by molar-refractivity contribution is 7.99. The van der Waals surface area contributed by atoms with Crippen molar-refractivity contribution in [2.24, 2.45) is 17.8 Å². The maximum absolute atomic E-state index is 12.5. The summed E-state index contributed by atoms with van der Waals surface area (Å²) >= 11 is 1.33. The summed E-state index contributed by atoms with van der Waals surface area (Å²) in [5.41, 5.74) is 0.840. The Kier molecular flexibility index (Phi) is 6.99. The molecule has 28 heavy (non-hydrogen) atoms. The van der Waals surface area contributed by atoms with Crippen LogP contribution in [0.4, 0.5) is 0 Å². The van der Waals surface area contributed by atoms with E-state index >= 15 is 0 Å². The Morgan fingerprint density at radius 1 is 1.32 bits per heavy atom. The van der Waals surface area contributed by atoms with Gasteiger partial charge < -0.3 is 9.47 Å². The van der Waals surface area contributed by atoms with Gasteiger partial charge >= 0.3 is 5.97 Å². The molecule has 0 saturated heterocycles. The molecular weight excluding hydrogens is 374 g/mol. The van der Waals surface area contributed by atoms with Gasteiger partial charge in [-0.3, -0.25) is 9.36 Å². The van der Waals surface area contributed by atoms with Gasteiger partial charge in [0.25, 0.3) is 0 Å². The van der Waals surface area contributed by atoms with Crippen molar-refractivity contribution < 1.29 is 14.3 Å². The Balaban J connectivity index is 1.63. The molecule has 3 atom stereocenters. The van der Waals surface area contributed by atoms with Crippen molar-refractivity contribution in [3.8, 4) is 11.4 Å². The number of nitrogens with zero attached hydrogens (tertiary/aromatic N) is 3. The second-order valence-corrected chi connectivity index (χ2v) is 8.74. The zero-order valence-electron chi connectivity index (χ0n) is 17.0. The van der Waals surface area contributed by atoms with Crippen molar-refractivity contribution in [1.82, 2.24) is 14.8 Å². The first-order valence-electron chi connectivity index (χ1n) is 9.85. The molecule has 0 radical (unpaired) electrons. The normalized spacial score (nSPS) is 22.2. The fourth-order valence-corrected chi connectivity index (χ4v) is 4.60. The molecule has 2 aromatic rings. The molecule has 0 spiro atoms. The van der Waals surface area contributed by atoms with E-state index in [1.54, 1.807) is 13.4 Å². The highest BCUT2D eigenvalue weighted by Crippen LogP contribution is 2.35. The molecule has 0 N–H and O–H groups in total. The Morgan fingerprint density at radius 3 is 2.86 bits per heavy atom. The number of hydrogen-bond donors (Lipinski definition) is 0. The van der Waals surface area contributed by atoms with E-state index in [2.05, 4.69) is 31.0 Å². The van der Waals surface area contributed by atoms with Crippen LogP contribution in [0.5, 0.6) is 5.75 Å². The highest BCUT2D eigenvalue weighted by atomic mass is 32.2. The van der Waals surface area contributed by atoms with Crippen LogP contribution < -0.4 is 4.74 Å². The van der Waals surface area contributed by atoms with E-state index in [0.717, 1.165) is 24.3 Å². The van der Waals surface area contributed by atoms with Gasteiger partial charge in [0.1, 0.15) is 18.2 Å². The van der Waals surface area contributed by atoms with Gasteiger partial charge in [0.2, 0.25) is 0 Å². The molecule has 6 nitrogen and oxygen atoms in total. The minimum Gasteiger partial charge on any atom is -0.495 e. The number of benzene rings is 1. The first kappa shape index (κ1) is 20.7. The molecule has 1 aliphatic carbocycles. The monoisotopic (exact) mass is 403 g/mol. The van der Waals surface area contributed by atoms with Crippen LogP contribution in [0.3, 0.4) is 0 Å². The zero-order chi connectivity index (χ0) is 20.1. The predicted octanol–water partition coefficient (Wildman–Crippen LogP) is 4.37. The fourth-order valence-electron chi connectivity index (χ4n) is 3.89. The number of ether oxygens (including phenoxy) is 2. The molecule has 0 unspecified atom stereocenters. The molecule has 3 rings (SSSR count). The van der Waals surface area contributed by atoms with Crippen LogP contribution in [-0.2, 0) is 9.53 Å². The van der Waals surface area contributed by atoms with E-state index in [9.17, 15) is 4.79 Å². The van der Waals surface area contributed by atoms with Crippen molar-refractivity contribution in [2.75, 3.05) is 12.9 Å². The number of hydrogen-bond acceptors (Lipinski definition) is 6. The largest absolute Gasteiger partial charge is 0.495 e. The molecule has 152 valence electrons. The lowest BCUT2D eigenvalue weighted by molar-refractivity contribution is -0.152. The Morgan fingerprint density at radius 2 is 2.11 bits per heavy atom. The van der Waals surface area contributed by atoms with E-state index < -0.39 is 0 Å². The highest BCUT2D eigenvalue weighted by Gasteiger charge is 2.33. The summed E-state index contributed by atoms with van der Waals surface area (Å²) in [6, 6.07) is 7.65. The van der Waals surface area contributed by atoms with Gasteiger partial charge in [-0.25, -0.2) is 0 Å². The third kappa shape index (κ3) is 4.87. The summed E-state index contributed by atoms with van der Waals surface area (Å²) in [5, 5.41) is 8.79. The Labute approximate surface area is 171 Å². The van der Waals surface area contributed by atoms with E-state index in [0.29, 0.717) is 22.9 Å². The minimum absolute atomic E-state index is 0.0175. The maximum atomic E-state index is 12.5. The quantitative estimate of drug-likeness (QED) is 0.505. The van der Waals surface area contributed by atoms with Crippen LogP contribution in [0, 0.1) is 17.8 Å². The average molecular weight is 404 g/mol. The van der Waals surface area contributed by atoms with E-state index in [4.69, 9.17) is 9.47 Å². The molecule has 0 bridgehead atoms. The number of aromatic nitrogens is 3. The number of para-hydroxylation sites is 2. The molecule has 1 aromatic carbocycles. The van der Waals surface area contributed by atoms with Gasteiger partial charge in [-0.05, 0) is 42.7 Å². The fraction of sp³-hybridized carbons (Fsp3) is 0.571. The lowest BCUT2D eigenvalue weighted by Crippen LogP contribution is -2.36. The summed E-state index contributed by atoms with van der Waals surface area (Å²) in [4.78, 5) is 12.5. The molecule has 0 aliphatic heterocycles. The number of thioether (sulfide) groups is 1. The zero-order valence-corrected chi connectivity index (χ0v) is 17.8. The van der Waals surface area contributed by atoms with Gasteiger partial charge in [0.05, 0.1) is 18.6 Å². The summed E-state index contributed by atoms with van der Waals surface area (Å²) in [7, 11) is 1.63. The third-order valence-corrected chi connectivity index (χ3v) is 6.34. The topological polar surface area (TPSA) is 66.2 Å². The van der Waals surface area contributed by atoms with Crippen LogP contribution in [0.15, 0.2) is 35.7 Å². The van der Waals surface area contributed by atoms with Crippen molar-refractivity contribution in [3.63, 3.8) is 0 Å². The van der Waals surface area contributed by atoms with Crippen LogP contribution in [0.1, 0.15) is 40.0 Å². The molecule has 1 aliphatic rings. The van der Waals surface area contributed by atoms with Crippen molar-refractivity contribution >= 4 is 17.7 Å². The molecule has 1 saturated carbocycles. The molecule has 1 fully saturated rings. The Bertz CT molecular complexity index is 793. The predicted molar refractivity (Wildman–Crippen MR) is 110 cm³/mol. The number of carbonyl (C=O) groups excluding carboxylic acids is 1. The number of methoxy groups -OCH3 is 1. The van der Waals surface area contributed by atoms with Crippen molar-refractivity contribution in [3.05, 3.63) is 30.6 Å². The van der Waals surface area contributed by atoms with Crippen LogP contribution in [-0.4, -0.2) is 39.7 Å². The Hall–Kier alpha value is -2.02. The standard InChI is InChI=1S/C21H29N3O3S/c1-14(2)16-10-9-15(3)11-19(16)27-20(25)12-28-21-23-22-13-24(21)17-7-5-6-8-18(17)26-4/h5-8,13-16,19H,9-12H2,1-4H3/t15-,16+,19-/m1/s1. The molecular formula is C21H29N3O3S. The van der Waals surface area contributed by atoms with Gasteiger partial charge in [-0.15, -0.1) is 10.2 Å². The number of rotatable bonds is 7. The average Bonchev–Trinajstić information content (AvgIpc) is 3.14. The second kappa shape index (κ2) is 9.45. The van der Waals surface area contributed by atoms with E-state index in [1.807, 2.05) is 28.8 Å². The molecule has 1 heterocycles. The SMILES string of the molecule is COc1ccccc1-n1cnnc1SCC(=O)O[C@@H]1C[C@H](C)CC[C@H]1C(C)C. The molecule has 7 heteroatoms. The maximum Gasteiger partial charge on any atom is 0.316 e. The van der Waals surface area contributed by atoms with E-state index in [-0.39, 0.29) is 17.8 Å². The molecule has 1 aromatic heterocycles.